The zero-order chi connectivity index (χ0) is 7.61. The Morgan fingerprint density at radius 3 is 2.60 bits per heavy atom. The Bertz CT molecular complexity index is 110. The summed E-state index contributed by atoms with van der Waals surface area (Å²) in [6.07, 6.45) is 5.77. The van der Waals surface area contributed by atoms with Crippen LogP contribution < -0.4 is 0 Å². The molecule has 1 saturated carbocycles. The van der Waals surface area contributed by atoms with Crippen LogP contribution in [0.15, 0.2) is 0 Å². The van der Waals surface area contributed by atoms with Crippen LogP contribution in [0.3, 0.4) is 0 Å². The smallest absolute Gasteiger partial charge is 0.102 e. The van der Waals surface area contributed by atoms with E-state index in [4.69, 9.17) is 23.2 Å². The highest BCUT2D eigenvalue weighted by Gasteiger charge is 2.34. The first-order valence-electron chi connectivity index (χ1n) is 4.02. The van der Waals surface area contributed by atoms with Gasteiger partial charge in [-0.15, -0.1) is 23.2 Å². The van der Waals surface area contributed by atoms with E-state index in [1.807, 2.05) is 0 Å². The van der Waals surface area contributed by atoms with Gasteiger partial charge in [0.05, 0.1) is 0 Å². The van der Waals surface area contributed by atoms with E-state index < -0.39 is 0 Å². The standard InChI is InChI=1S/C8H14Cl2/c1-2-3-7-4-5-8(9,10)6-7/h7H,2-6H2,1H3. The van der Waals surface area contributed by atoms with Crippen molar-refractivity contribution in [1.82, 2.24) is 0 Å². The summed E-state index contributed by atoms with van der Waals surface area (Å²) in [5.41, 5.74) is 0. The lowest BCUT2D eigenvalue weighted by Gasteiger charge is -2.10. The average molecular weight is 181 g/mol. The quantitative estimate of drug-likeness (QED) is 0.569. The second-order valence-corrected chi connectivity index (χ2v) is 4.89. The Morgan fingerprint density at radius 1 is 1.50 bits per heavy atom. The molecule has 0 amide bonds. The molecule has 0 bridgehead atoms. The van der Waals surface area contributed by atoms with Crippen LogP contribution in [0.25, 0.3) is 0 Å². The molecule has 0 spiro atoms. The first kappa shape index (κ1) is 8.67. The minimum Gasteiger partial charge on any atom is -0.102 e. The zero-order valence-electron chi connectivity index (χ0n) is 6.37. The van der Waals surface area contributed by atoms with Gasteiger partial charge in [-0.05, 0) is 25.2 Å². The van der Waals surface area contributed by atoms with Crippen molar-refractivity contribution in [1.29, 1.82) is 0 Å². The fraction of sp³-hybridized carbons (Fsp3) is 1.00. The summed E-state index contributed by atoms with van der Waals surface area (Å²) in [6.45, 7) is 2.21. The van der Waals surface area contributed by atoms with E-state index in [2.05, 4.69) is 6.92 Å². The molecule has 1 atom stereocenters. The van der Waals surface area contributed by atoms with Crippen LogP contribution in [0.2, 0.25) is 0 Å². The summed E-state index contributed by atoms with van der Waals surface area (Å²) in [4.78, 5) is 0. The molecule has 1 fully saturated rings. The van der Waals surface area contributed by atoms with Gasteiger partial charge in [-0.3, -0.25) is 0 Å². The van der Waals surface area contributed by atoms with E-state index in [9.17, 15) is 0 Å². The summed E-state index contributed by atoms with van der Waals surface area (Å²) in [6, 6.07) is 0. The molecule has 1 aliphatic carbocycles. The highest BCUT2D eigenvalue weighted by molar-refractivity contribution is 6.48. The Morgan fingerprint density at radius 2 is 2.20 bits per heavy atom. The molecule has 0 N–H and O–H groups in total. The Balaban J connectivity index is 2.29. The number of rotatable bonds is 2. The summed E-state index contributed by atoms with van der Waals surface area (Å²) in [5, 5.41) is 0. The number of halogens is 2. The number of hydrogen-bond acceptors (Lipinski definition) is 0. The lowest BCUT2D eigenvalue weighted by molar-refractivity contribution is 0.494. The third-order valence-corrected chi connectivity index (χ3v) is 2.89. The molecular formula is C8H14Cl2. The van der Waals surface area contributed by atoms with Crippen LogP contribution in [0.5, 0.6) is 0 Å². The van der Waals surface area contributed by atoms with Gasteiger partial charge in [0.2, 0.25) is 0 Å². The Hall–Kier alpha value is 0.580. The number of alkyl halides is 2. The summed E-state index contributed by atoms with van der Waals surface area (Å²) in [7, 11) is 0. The zero-order valence-corrected chi connectivity index (χ0v) is 7.88. The van der Waals surface area contributed by atoms with Crippen molar-refractivity contribution >= 4 is 23.2 Å². The average Bonchev–Trinajstić information content (AvgIpc) is 2.12. The van der Waals surface area contributed by atoms with Crippen LogP contribution in [-0.2, 0) is 0 Å². The molecule has 0 aromatic rings. The molecule has 60 valence electrons. The summed E-state index contributed by atoms with van der Waals surface area (Å²) >= 11 is 11.9. The van der Waals surface area contributed by atoms with E-state index in [1.54, 1.807) is 0 Å². The summed E-state index contributed by atoms with van der Waals surface area (Å²) in [5.74, 6) is 0.792. The highest BCUT2D eigenvalue weighted by Crippen LogP contribution is 2.44. The third kappa shape index (κ3) is 2.32. The molecule has 2 heteroatoms. The van der Waals surface area contributed by atoms with Gasteiger partial charge in [0.1, 0.15) is 4.33 Å². The van der Waals surface area contributed by atoms with Crippen LogP contribution in [0, 0.1) is 5.92 Å². The molecule has 1 unspecified atom stereocenters. The van der Waals surface area contributed by atoms with E-state index >= 15 is 0 Å². The molecule has 10 heavy (non-hydrogen) atoms. The van der Waals surface area contributed by atoms with Crippen LogP contribution >= 0.6 is 23.2 Å². The molecular weight excluding hydrogens is 167 g/mol. The molecule has 0 radical (unpaired) electrons. The van der Waals surface area contributed by atoms with Crippen LogP contribution in [0.4, 0.5) is 0 Å². The first-order valence-corrected chi connectivity index (χ1v) is 4.77. The van der Waals surface area contributed by atoms with Crippen molar-refractivity contribution in [3.63, 3.8) is 0 Å². The van der Waals surface area contributed by atoms with Crippen molar-refractivity contribution in [2.24, 2.45) is 5.92 Å². The van der Waals surface area contributed by atoms with Gasteiger partial charge in [-0.2, -0.15) is 0 Å². The molecule has 0 aromatic carbocycles. The second kappa shape index (κ2) is 3.32. The molecule has 0 saturated heterocycles. The van der Waals surface area contributed by atoms with Gasteiger partial charge in [0.15, 0.2) is 0 Å². The maximum absolute atomic E-state index is 5.96. The predicted octanol–water partition coefficient (Wildman–Crippen LogP) is 3.76. The maximum atomic E-state index is 5.96. The SMILES string of the molecule is CCCC1CCC(Cl)(Cl)C1. The van der Waals surface area contributed by atoms with Gasteiger partial charge >= 0.3 is 0 Å². The van der Waals surface area contributed by atoms with Crippen molar-refractivity contribution in [2.75, 3.05) is 0 Å². The predicted molar refractivity (Wildman–Crippen MR) is 46.7 cm³/mol. The Kier molecular flexibility index (Phi) is 2.88. The lowest BCUT2D eigenvalue weighted by Crippen LogP contribution is -2.05. The van der Waals surface area contributed by atoms with Gasteiger partial charge < -0.3 is 0 Å². The van der Waals surface area contributed by atoms with E-state index in [0.717, 1.165) is 18.8 Å². The van der Waals surface area contributed by atoms with Gasteiger partial charge in [-0.25, -0.2) is 0 Å². The van der Waals surface area contributed by atoms with Gasteiger partial charge in [-0.1, -0.05) is 19.8 Å². The van der Waals surface area contributed by atoms with E-state index in [-0.39, 0.29) is 4.33 Å². The van der Waals surface area contributed by atoms with Crippen LogP contribution in [-0.4, -0.2) is 4.33 Å². The second-order valence-electron chi connectivity index (χ2n) is 3.25. The first-order chi connectivity index (χ1) is 4.64. The highest BCUT2D eigenvalue weighted by atomic mass is 35.5. The molecule has 1 aliphatic rings. The normalized spacial score (nSPS) is 30.9. The van der Waals surface area contributed by atoms with Crippen molar-refractivity contribution in [3.05, 3.63) is 0 Å². The molecule has 0 nitrogen and oxygen atoms in total. The topological polar surface area (TPSA) is 0 Å². The third-order valence-electron chi connectivity index (χ3n) is 2.20. The van der Waals surface area contributed by atoms with Gasteiger partial charge in [0.25, 0.3) is 0 Å². The van der Waals surface area contributed by atoms with Gasteiger partial charge in [0, 0.05) is 0 Å². The fourth-order valence-corrected chi connectivity index (χ4v) is 2.35. The summed E-state index contributed by atoms with van der Waals surface area (Å²) < 4.78 is -0.389. The lowest BCUT2D eigenvalue weighted by atomic mass is 10.0. The minimum absolute atomic E-state index is 0.389. The van der Waals surface area contributed by atoms with Crippen LogP contribution in [0.1, 0.15) is 39.0 Å². The maximum Gasteiger partial charge on any atom is 0.118 e. The van der Waals surface area contributed by atoms with Crippen molar-refractivity contribution in [3.8, 4) is 0 Å². The van der Waals surface area contributed by atoms with Crippen molar-refractivity contribution in [2.45, 2.75) is 43.4 Å². The number of hydrogen-bond donors (Lipinski definition) is 0. The Labute approximate surface area is 72.9 Å². The molecule has 0 aliphatic heterocycles. The molecule has 0 heterocycles. The van der Waals surface area contributed by atoms with E-state index in [0.29, 0.717) is 0 Å². The molecule has 1 rings (SSSR count). The molecule has 0 aromatic heterocycles. The van der Waals surface area contributed by atoms with Crippen molar-refractivity contribution < 1.29 is 0 Å². The van der Waals surface area contributed by atoms with E-state index in [1.165, 1.54) is 19.3 Å². The fourth-order valence-electron chi connectivity index (χ4n) is 1.70. The largest absolute Gasteiger partial charge is 0.118 e. The minimum atomic E-state index is -0.389. The monoisotopic (exact) mass is 180 g/mol.